The van der Waals surface area contributed by atoms with Crippen LogP contribution in [0, 0.1) is 0 Å². The van der Waals surface area contributed by atoms with Gasteiger partial charge in [-0.3, -0.25) is 0 Å². The quantitative estimate of drug-likeness (QED) is 0.202. The number of ether oxygens (including phenoxy) is 4. The van der Waals surface area contributed by atoms with E-state index in [0.717, 1.165) is 55.3 Å². The highest BCUT2D eigenvalue weighted by Gasteiger charge is 2.18. The fourth-order valence-electron chi connectivity index (χ4n) is 4.17. The third-order valence-corrected chi connectivity index (χ3v) is 9.88. The number of para-hydroxylation sites is 1. The molecule has 0 unspecified atom stereocenters. The van der Waals surface area contributed by atoms with Crippen LogP contribution in [-0.2, 0) is 26.1 Å². The number of aryl methyl sites for hydroxylation is 1. The summed E-state index contributed by atoms with van der Waals surface area (Å²) in [5.41, 5.74) is 2.08. The summed E-state index contributed by atoms with van der Waals surface area (Å²) in [7, 11) is -4.20. The average molecular weight is 640 g/mol. The Bertz CT molecular complexity index is 1360. The number of unbranched alkanes of at least 4 members (excludes halogenated alkanes) is 1. The van der Waals surface area contributed by atoms with Gasteiger partial charge >= 0.3 is 0 Å². The van der Waals surface area contributed by atoms with Crippen LogP contribution in [0.3, 0.4) is 0 Å². The molecule has 1 aromatic heterocycles. The van der Waals surface area contributed by atoms with Crippen molar-refractivity contribution in [3.63, 3.8) is 0 Å². The minimum atomic E-state index is -4.20. The minimum absolute atomic E-state index is 0.336. The van der Waals surface area contributed by atoms with Crippen molar-refractivity contribution in [1.82, 2.24) is 0 Å². The molecule has 3 aromatic rings. The molecule has 0 radical (unpaired) electrons. The van der Waals surface area contributed by atoms with Crippen molar-refractivity contribution in [3.05, 3.63) is 53.0 Å². The predicted octanol–water partition coefficient (Wildman–Crippen LogP) is 4.96. The first-order valence-corrected chi connectivity index (χ1v) is 18.4. The van der Waals surface area contributed by atoms with Crippen molar-refractivity contribution in [3.8, 4) is 11.5 Å². The number of thiazole rings is 1. The van der Waals surface area contributed by atoms with Gasteiger partial charge in [0.25, 0.3) is 5.01 Å². The minimum Gasteiger partial charge on any atom is -0.748 e. The van der Waals surface area contributed by atoms with Crippen LogP contribution < -0.4 is 14.0 Å². The first-order valence-electron chi connectivity index (χ1n) is 13.7. The molecule has 1 aliphatic heterocycles. The molecule has 8 nitrogen and oxygen atoms in total. The summed E-state index contributed by atoms with van der Waals surface area (Å²) in [4.78, 5) is 0. The van der Waals surface area contributed by atoms with Gasteiger partial charge in [-0.15, -0.1) is 0 Å². The topological polar surface area (TPSA) is 98.0 Å². The molecule has 0 fully saturated rings. The fraction of sp³-hybridized carbons (Fsp3) is 0.483. The van der Waals surface area contributed by atoms with Gasteiger partial charge in [0.2, 0.25) is 5.52 Å². The molecule has 2 aromatic carbocycles. The van der Waals surface area contributed by atoms with E-state index in [9.17, 15) is 13.0 Å². The summed E-state index contributed by atoms with van der Waals surface area (Å²) in [6.45, 7) is 4.46. The molecule has 0 bridgehead atoms. The van der Waals surface area contributed by atoms with E-state index < -0.39 is 10.1 Å². The van der Waals surface area contributed by atoms with E-state index in [0.29, 0.717) is 59.0 Å². The second-order valence-corrected chi connectivity index (χ2v) is 14.2. The lowest BCUT2D eigenvalue weighted by molar-refractivity contribution is -0.669. The average Bonchev–Trinajstić information content (AvgIpc) is 3.31. The normalized spacial score (nSPS) is 16.9. The Labute approximate surface area is 255 Å². The lowest BCUT2D eigenvalue weighted by Gasteiger charge is -2.14. The van der Waals surface area contributed by atoms with Crippen LogP contribution in [-0.4, -0.2) is 81.4 Å². The summed E-state index contributed by atoms with van der Waals surface area (Å²) >= 11 is 5.27. The molecule has 0 spiro atoms. The monoisotopic (exact) mass is 639 g/mol. The largest absolute Gasteiger partial charge is 0.748 e. The molecule has 1 aliphatic rings. The van der Waals surface area contributed by atoms with Gasteiger partial charge in [-0.25, -0.2) is 8.42 Å². The second-order valence-electron chi connectivity index (χ2n) is 9.21. The van der Waals surface area contributed by atoms with Crippen LogP contribution in [0.25, 0.3) is 22.4 Å². The first-order chi connectivity index (χ1) is 20.0. The lowest BCUT2D eigenvalue weighted by atomic mass is 10.2. The van der Waals surface area contributed by atoms with E-state index in [1.54, 1.807) is 34.9 Å². The van der Waals surface area contributed by atoms with Gasteiger partial charge in [0.05, 0.1) is 49.8 Å². The second kappa shape index (κ2) is 17.3. The van der Waals surface area contributed by atoms with E-state index >= 15 is 0 Å². The first kappa shape index (κ1) is 32.1. The Hall–Kier alpha value is -1.80. The Kier molecular flexibility index (Phi) is 13.6. The van der Waals surface area contributed by atoms with Crippen LogP contribution >= 0.6 is 34.9 Å². The van der Waals surface area contributed by atoms with Crippen LogP contribution in [0.15, 0.2) is 42.5 Å². The van der Waals surface area contributed by atoms with Gasteiger partial charge < -0.3 is 23.5 Å². The highest BCUT2D eigenvalue weighted by Crippen LogP contribution is 2.30. The number of thioether (sulfide) groups is 2. The molecule has 0 aliphatic carbocycles. The van der Waals surface area contributed by atoms with Gasteiger partial charge in [0.1, 0.15) is 4.70 Å². The summed E-state index contributed by atoms with van der Waals surface area (Å²) in [5.74, 6) is 4.67. The smallest absolute Gasteiger partial charge is 0.262 e. The number of fused-ring (bicyclic) bond motifs is 2. The van der Waals surface area contributed by atoms with Gasteiger partial charge in [-0.1, -0.05) is 29.5 Å². The van der Waals surface area contributed by atoms with Gasteiger partial charge in [0, 0.05) is 47.3 Å². The third kappa shape index (κ3) is 11.4. The summed E-state index contributed by atoms with van der Waals surface area (Å²) in [6.07, 6.45) is 5.08. The maximum Gasteiger partial charge on any atom is 0.262 e. The van der Waals surface area contributed by atoms with Crippen molar-refractivity contribution >= 4 is 67.3 Å². The van der Waals surface area contributed by atoms with E-state index in [4.69, 9.17) is 18.9 Å². The van der Waals surface area contributed by atoms with Gasteiger partial charge in [0.15, 0.2) is 18.0 Å². The zero-order valence-electron chi connectivity index (χ0n) is 23.0. The Morgan fingerprint density at radius 1 is 0.805 bits per heavy atom. The van der Waals surface area contributed by atoms with Crippen molar-refractivity contribution in [2.75, 3.05) is 68.4 Å². The molecular weight excluding hydrogens is 603 g/mol. The van der Waals surface area contributed by atoms with Crippen molar-refractivity contribution in [1.29, 1.82) is 0 Å². The molecule has 0 amide bonds. The number of aromatic nitrogens is 1. The van der Waals surface area contributed by atoms with E-state index in [-0.39, 0.29) is 5.75 Å². The molecule has 0 atom stereocenters. The van der Waals surface area contributed by atoms with E-state index in [1.807, 2.05) is 30.3 Å². The molecule has 224 valence electrons. The Morgan fingerprint density at radius 3 is 2.22 bits per heavy atom. The van der Waals surface area contributed by atoms with Crippen LogP contribution in [0.4, 0.5) is 0 Å². The maximum absolute atomic E-state index is 11.0. The molecule has 4 rings (SSSR count). The van der Waals surface area contributed by atoms with Crippen LogP contribution in [0.5, 0.6) is 11.5 Å². The third-order valence-electron chi connectivity index (χ3n) is 6.14. The van der Waals surface area contributed by atoms with Gasteiger partial charge in [-0.2, -0.15) is 28.1 Å². The lowest BCUT2D eigenvalue weighted by Crippen LogP contribution is -2.35. The molecular formula is C29H37NO7S4. The molecule has 12 heteroatoms. The predicted molar refractivity (Wildman–Crippen MR) is 168 cm³/mol. The zero-order valence-corrected chi connectivity index (χ0v) is 26.3. The van der Waals surface area contributed by atoms with E-state index in [2.05, 4.69) is 28.9 Å². The summed E-state index contributed by atoms with van der Waals surface area (Å²) in [5, 5.41) is 1.05. The zero-order chi connectivity index (χ0) is 28.8. The highest BCUT2D eigenvalue weighted by molar-refractivity contribution is 7.99. The number of hydrogen-bond donors (Lipinski definition) is 0. The number of hydrogen-bond acceptors (Lipinski definition) is 10. The summed E-state index contributed by atoms with van der Waals surface area (Å²) in [6, 6.07) is 14.1. The standard InChI is InChI=1S/C29H37NO7S4/c31-41(32,33)22-4-3-11-30-25-5-1-2-6-28(25)40-29(30)10-8-24-7-9-26-27(23-24)37-17-21-39-19-15-35-13-12-34-14-18-38-20-16-36-26/h1-2,5-10,23H,3-4,11-22H2/b10-8+. The highest BCUT2D eigenvalue weighted by atomic mass is 32.2. The van der Waals surface area contributed by atoms with Crippen LogP contribution in [0.1, 0.15) is 23.4 Å². The number of rotatable bonds is 7. The Balaban J connectivity index is 1.46. The summed E-state index contributed by atoms with van der Waals surface area (Å²) < 4.78 is 59.9. The molecule has 0 saturated carbocycles. The van der Waals surface area contributed by atoms with Crippen molar-refractivity contribution in [2.45, 2.75) is 19.4 Å². The SMILES string of the molecule is O=S(=O)([O-])CCCC[n+]1c(/C=C/c2ccc3c(c2)OCCSCCOCCOCCSCCO3)sc2ccccc21. The molecule has 0 saturated heterocycles. The maximum atomic E-state index is 11.0. The number of nitrogens with zero attached hydrogens (tertiary/aromatic N) is 1. The van der Waals surface area contributed by atoms with Crippen LogP contribution in [0.2, 0.25) is 0 Å². The molecule has 0 N–H and O–H groups in total. The Morgan fingerprint density at radius 2 is 1.49 bits per heavy atom. The van der Waals surface area contributed by atoms with Crippen molar-refractivity contribution < 1.29 is 36.5 Å². The van der Waals surface area contributed by atoms with Crippen molar-refractivity contribution in [2.24, 2.45) is 0 Å². The molecule has 2 heterocycles. The fourth-order valence-corrected chi connectivity index (χ4v) is 7.10. The van der Waals surface area contributed by atoms with Gasteiger partial charge in [-0.05, 0) is 36.3 Å². The number of benzene rings is 2. The molecule has 41 heavy (non-hydrogen) atoms. The van der Waals surface area contributed by atoms with E-state index in [1.165, 1.54) is 0 Å².